The molecule has 0 aromatic heterocycles. The summed E-state index contributed by atoms with van der Waals surface area (Å²) >= 11 is 3.73. The Balaban J connectivity index is 2.56. The van der Waals surface area contributed by atoms with E-state index in [0.717, 1.165) is 16.2 Å². The first-order valence-corrected chi connectivity index (χ1v) is 9.63. The van der Waals surface area contributed by atoms with E-state index in [1.807, 2.05) is 0 Å². The molecule has 0 aliphatic carbocycles. The molecule has 2 nitrogen and oxygen atoms in total. The molecule has 0 spiro atoms. The molecule has 0 heterocycles. The number of alkyl halides is 3. The molecule has 0 fully saturated rings. The van der Waals surface area contributed by atoms with Gasteiger partial charge in [-0.1, -0.05) is 58.0 Å². The molecule has 134 valence electrons. The van der Waals surface area contributed by atoms with Gasteiger partial charge in [-0.15, -0.1) is 0 Å². The molecule has 2 aromatic rings. The van der Waals surface area contributed by atoms with Crippen molar-refractivity contribution < 1.29 is 22.7 Å². The van der Waals surface area contributed by atoms with Gasteiger partial charge in [0.2, 0.25) is 0 Å². The first-order valence-electron chi connectivity index (χ1n) is 7.21. The molecule has 0 bridgehead atoms. The standard InChI is InChI=1S/C17H14BrF3O2S2/c1-2-23-15(22)16(25-17(19,20)21,12-6-4-3-5-7-12)24-14-10-8-13(18)9-11-14/h3-11H,2H2,1H3. The number of hydrogen-bond donors (Lipinski definition) is 0. The third kappa shape index (κ3) is 5.43. The zero-order chi connectivity index (χ0) is 18.5. The maximum atomic E-state index is 13.3. The number of carbonyl (C=O) groups is 1. The fraction of sp³-hybridized carbons (Fsp3) is 0.235. The minimum absolute atomic E-state index is 0.00721. The first-order chi connectivity index (χ1) is 11.8. The molecule has 0 amide bonds. The van der Waals surface area contributed by atoms with Crippen molar-refractivity contribution in [2.24, 2.45) is 0 Å². The SMILES string of the molecule is CCOC(=O)C(Sc1ccc(Br)cc1)(SC(F)(F)F)c1ccccc1. The van der Waals surface area contributed by atoms with Crippen molar-refractivity contribution in [3.63, 3.8) is 0 Å². The van der Waals surface area contributed by atoms with E-state index in [-0.39, 0.29) is 23.9 Å². The lowest BCUT2D eigenvalue weighted by Gasteiger charge is -2.31. The maximum Gasteiger partial charge on any atom is 0.444 e. The van der Waals surface area contributed by atoms with Crippen molar-refractivity contribution in [3.8, 4) is 0 Å². The van der Waals surface area contributed by atoms with Gasteiger partial charge in [-0.2, -0.15) is 13.2 Å². The molecule has 25 heavy (non-hydrogen) atoms. The minimum atomic E-state index is -4.62. The van der Waals surface area contributed by atoms with E-state index < -0.39 is 15.6 Å². The van der Waals surface area contributed by atoms with Crippen LogP contribution in [0.25, 0.3) is 0 Å². The second-order valence-electron chi connectivity index (χ2n) is 4.81. The van der Waals surface area contributed by atoms with E-state index >= 15 is 0 Å². The highest BCUT2D eigenvalue weighted by molar-refractivity contribution is 9.10. The molecule has 2 aromatic carbocycles. The van der Waals surface area contributed by atoms with Gasteiger partial charge in [0.1, 0.15) is 0 Å². The third-order valence-electron chi connectivity index (χ3n) is 3.03. The van der Waals surface area contributed by atoms with Crippen molar-refractivity contribution >= 4 is 45.4 Å². The Morgan fingerprint density at radius 1 is 1.08 bits per heavy atom. The van der Waals surface area contributed by atoms with Gasteiger partial charge in [0.05, 0.1) is 6.61 Å². The largest absolute Gasteiger partial charge is 0.464 e. The van der Waals surface area contributed by atoms with Crippen LogP contribution in [0.4, 0.5) is 13.2 Å². The van der Waals surface area contributed by atoms with Crippen LogP contribution in [0.15, 0.2) is 64.0 Å². The molecular weight excluding hydrogens is 437 g/mol. The lowest BCUT2D eigenvalue weighted by Crippen LogP contribution is -2.34. The Bertz CT molecular complexity index is 708. The highest BCUT2D eigenvalue weighted by Crippen LogP contribution is 2.56. The molecule has 0 saturated heterocycles. The van der Waals surface area contributed by atoms with Crippen LogP contribution < -0.4 is 0 Å². The van der Waals surface area contributed by atoms with Crippen LogP contribution in [0.3, 0.4) is 0 Å². The molecule has 0 aliphatic heterocycles. The first kappa shape index (κ1) is 20.2. The molecular formula is C17H14BrF3O2S2. The van der Waals surface area contributed by atoms with Crippen molar-refractivity contribution in [1.82, 2.24) is 0 Å². The van der Waals surface area contributed by atoms with Crippen LogP contribution in [-0.2, 0) is 13.6 Å². The summed E-state index contributed by atoms with van der Waals surface area (Å²) in [5.41, 5.74) is -4.39. The normalized spacial score (nSPS) is 14.0. The van der Waals surface area contributed by atoms with Crippen molar-refractivity contribution in [1.29, 1.82) is 0 Å². The van der Waals surface area contributed by atoms with Crippen LogP contribution in [0.1, 0.15) is 12.5 Å². The lowest BCUT2D eigenvalue weighted by atomic mass is 10.1. The Labute approximate surface area is 160 Å². The highest BCUT2D eigenvalue weighted by Gasteiger charge is 2.52. The van der Waals surface area contributed by atoms with Gasteiger partial charge in [0.15, 0.2) is 4.08 Å². The van der Waals surface area contributed by atoms with E-state index in [1.54, 1.807) is 49.4 Å². The van der Waals surface area contributed by atoms with Gasteiger partial charge in [-0.3, -0.25) is 0 Å². The smallest absolute Gasteiger partial charge is 0.444 e. The summed E-state index contributed by atoms with van der Waals surface area (Å²) in [6.07, 6.45) is 0. The number of esters is 1. The van der Waals surface area contributed by atoms with E-state index in [1.165, 1.54) is 12.1 Å². The predicted octanol–water partition coefficient (Wildman–Crippen LogP) is 6.21. The Morgan fingerprint density at radius 3 is 2.20 bits per heavy atom. The molecule has 0 saturated carbocycles. The zero-order valence-electron chi connectivity index (χ0n) is 13.0. The van der Waals surface area contributed by atoms with Gasteiger partial charge in [0, 0.05) is 9.37 Å². The third-order valence-corrected chi connectivity index (χ3v) is 6.18. The summed E-state index contributed by atoms with van der Waals surface area (Å²) in [5.74, 6) is -0.934. The topological polar surface area (TPSA) is 26.3 Å². The summed E-state index contributed by atoms with van der Waals surface area (Å²) in [7, 11) is 0. The van der Waals surface area contributed by atoms with Crippen LogP contribution in [-0.4, -0.2) is 18.1 Å². The lowest BCUT2D eigenvalue weighted by molar-refractivity contribution is -0.144. The summed E-state index contributed by atoms with van der Waals surface area (Å²) in [5, 5.41) is 0. The summed E-state index contributed by atoms with van der Waals surface area (Å²) in [6, 6.07) is 14.6. The van der Waals surface area contributed by atoms with Gasteiger partial charge in [-0.05, 0) is 48.5 Å². The van der Waals surface area contributed by atoms with Crippen molar-refractivity contribution in [2.75, 3.05) is 6.61 Å². The number of hydrogen-bond acceptors (Lipinski definition) is 4. The average Bonchev–Trinajstić information content (AvgIpc) is 2.56. The Kier molecular flexibility index (Phi) is 6.87. The summed E-state index contributed by atoms with van der Waals surface area (Å²) < 4.78 is 43.8. The predicted molar refractivity (Wildman–Crippen MR) is 98.4 cm³/mol. The molecule has 0 radical (unpaired) electrons. The monoisotopic (exact) mass is 450 g/mol. The van der Waals surface area contributed by atoms with Crippen LogP contribution in [0.5, 0.6) is 0 Å². The van der Waals surface area contributed by atoms with Crippen LogP contribution in [0.2, 0.25) is 0 Å². The van der Waals surface area contributed by atoms with Crippen LogP contribution >= 0.6 is 39.5 Å². The van der Waals surface area contributed by atoms with E-state index in [2.05, 4.69) is 15.9 Å². The number of benzene rings is 2. The van der Waals surface area contributed by atoms with Crippen molar-refractivity contribution in [2.45, 2.75) is 21.4 Å². The number of ether oxygens (including phenoxy) is 1. The minimum Gasteiger partial charge on any atom is -0.464 e. The molecule has 8 heteroatoms. The van der Waals surface area contributed by atoms with E-state index in [0.29, 0.717) is 4.90 Å². The average molecular weight is 451 g/mol. The van der Waals surface area contributed by atoms with Gasteiger partial charge >= 0.3 is 11.5 Å². The molecule has 0 aliphatic rings. The highest BCUT2D eigenvalue weighted by atomic mass is 79.9. The number of halogens is 4. The molecule has 0 N–H and O–H groups in total. The van der Waals surface area contributed by atoms with Crippen LogP contribution in [0, 0.1) is 0 Å². The molecule has 1 unspecified atom stereocenters. The quantitative estimate of drug-likeness (QED) is 0.296. The Morgan fingerprint density at radius 2 is 1.68 bits per heavy atom. The van der Waals surface area contributed by atoms with Gasteiger partial charge in [-0.25, -0.2) is 4.79 Å². The van der Waals surface area contributed by atoms with Gasteiger partial charge in [0.25, 0.3) is 0 Å². The van der Waals surface area contributed by atoms with Crippen molar-refractivity contribution in [3.05, 3.63) is 64.6 Å². The van der Waals surface area contributed by atoms with E-state index in [9.17, 15) is 18.0 Å². The summed E-state index contributed by atoms with van der Waals surface area (Å²) in [6.45, 7) is 1.56. The summed E-state index contributed by atoms with van der Waals surface area (Å²) in [4.78, 5) is 13.2. The fourth-order valence-electron chi connectivity index (χ4n) is 2.06. The second kappa shape index (κ2) is 8.51. The molecule has 1 atom stereocenters. The number of carbonyl (C=O) groups excluding carboxylic acids is 1. The van der Waals surface area contributed by atoms with Gasteiger partial charge < -0.3 is 4.74 Å². The number of thioether (sulfide) groups is 2. The van der Waals surface area contributed by atoms with E-state index in [4.69, 9.17) is 4.74 Å². The Hall–Kier alpha value is -1.12. The maximum absolute atomic E-state index is 13.3. The fourth-order valence-corrected chi connectivity index (χ4v) is 4.78. The zero-order valence-corrected chi connectivity index (χ0v) is 16.3. The number of rotatable bonds is 6. The second-order valence-corrected chi connectivity index (χ2v) is 8.55. The molecule has 2 rings (SSSR count).